The van der Waals surface area contributed by atoms with Crippen LogP contribution in [0.25, 0.3) is 0 Å². The third kappa shape index (κ3) is 2.89. The maximum atomic E-state index is 12.2. The van der Waals surface area contributed by atoms with Gasteiger partial charge in [0.1, 0.15) is 19.0 Å². The van der Waals surface area contributed by atoms with Crippen LogP contribution >= 0.6 is 0 Å². The second-order valence-electron chi connectivity index (χ2n) is 3.72. The van der Waals surface area contributed by atoms with E-state index in [1.54, 1.807) is 18.3 Å². The van der Waals surface area contributed by atoms with Crippen molar-refractivity contribution in [1.82, 2.24) is 10.3 Å². The van der Waals surface area contributed by atoms with Crippen LogP contribution in [-0.2, 0) is 6.67 Å². The Kier molecular flexibility index (Phi) is 3.50. The molecule has 1 N–H and O–H groups in total. The van der Waals surface area contributed by atoms with Gasteiger partial charge in [-0.1, -0.05) is 0 Å². The molecule has 0 saturated carbocycles. The summed E-state index contributed by atoms with van der Waals surface area (Å²) in [5.41, 5.74) is 0.446. The van der Waals surface area contributed by atoms with E-state index in [-0.39, 0.29) is 0 Å². The van der Waals surface area contributed by atoms with E-state index in [0.29, 0.717) is 24.1 Å². The van der Waals surface area contributed by atoms with Crippen LogP contribution in [0.1, 0.15) is 18.5 Å². The fraction of sp³-hybridized carbons (Fsp3) is 0.545. The number of hydrogen-bond donors (Lipinski definition) is 1. The molecule has 1 aromatic rings. The minimum absolute atomic E-state index is 0.446. The van der Waals surface area contributed by atoms with Crippen molar-refractivity contribution in [3.63, 3.8) is 0 Å². The van der Waals surface area contributed by atoms with Crippen LogP contribution in [0.2, 0.25) is 0 Å². The quantitative estimate of drug-likeness (QED) is 0.821. The number of alkyl halides is 1. The molecule has 0 bridgehead atoms. The Bertz CT molecular complexity index is 296. The van der Waals surface area contributed by atoms with E-state index in [2.05, 4.69) is 10.3 Å². The highest BCUT2D eigenvalue weighted by molar-refractivity contribution is 5.19. The fourth-order valence-electron chi connectivity index (χ4n) is 1.67. The van der Waals surface area contributed by atoms with Gasteiger partial charge in [0.2, 0.25) is 0 Å². The molecule has 0 aliphatic carbocycles. The summed E-state index contributed by atoms with van der Waals surface area (Å²) in [6.45, 7) is 1.22. The van der Waals surface area contributed by atoms with Gasteiger partial charge >= 0.3 is 0 Å². The minimum Gasteiger partial charge on any atom is -0.490 e. The Labute approximate surface area is 88.7 Å². The molecule has 1 atom stereocenters. The molecule has 0 unspecified atom stereocenters. The Morgan fingerprint density at radius 1 is 1.53 bits per heavy atom. The molecule has 1 saturated heterocycles. The van der Waals surface area contributed by atoms with Crippen molar-refractivity contribution in [2.75, 3.05) is 13.2 Å². The molecule has 0 spiro atoms. The fourth-order valence-corrected chi connectivity index (χ4v) is 1.67. The molecule has 0 aromatic carbocycles. The summed E-state index contributed by atoms with van der Waals surface area (Å²) in [4.78, 5) is 3.92. The second kappa shape index (κ2) is 5.07. The molecule has 4 heteroatoms. The molecular formula is C11H15FN2O. The molecule has 15 heavy (non-hydrogen) atoms. The standard InChI is InChI=1S/C11H15FN2O/c12-6-9-3-4-11(7-14-9)15-8-10-2-1-5-13-10/h3-4,7,10,13H,1-2,5-6,8H2/t10-/m0/s1. The number of hydrogen-bond acceptors (Lipinski definition) is 3. The molecule has 1 aliphatic rings. The topological polar surface area (TPSA) is 34.1 Å². The predicted molar refractivity (Wildman–Crippen MR) is 55.6 cm³/mol. The van der Waals surface area contributed by atoms with Crippen molar-refractivity contribution in [3.05, 3.63) is 24.0 Å². The molecule has 1 fully saturated rings. The lowest BCUT2D eigenvalue weighted by Gasteiger charge is -2.11. The predicted octanol–water partition coefficient (Wildman–Crippen LogP) is 1.68. The normalized spacial score (nSPS) is 20.5. The van der Waals surface area contributed by atoms with Crippen LogP contribution < -0.4 is 10.1 Å². The third-order valence-electron chi connectivity index (χ3n) is 2.55. The number of nitrogens with one attached hydrogen (secondary N) is 1. The zero-order chi connectivity index (χ0) is 10.5. The van der Waals surface area contributed by atoms with E-state index in [4.69, 9.17) is 4.74 Å². The van der Waals surface area contributed by atoms with Crippen LogP contribution in [0.5, 0.6) is 5.75 Å². The molecule has 1 aliphatic heterocycles. The Hall–Kier alpha value is -1.16. The van der Waals surface area contributed by atoms with Crippen molar-refractivity contribution >= 4 is 0 Å². The van der Waals surface area contributed by atoms with Crippen LogP contribution in [-0.4, -0.2) is 24.2 Å². The molecule has 0 radical (unpaired) electrons. The molecule has 2 heterocycles. The highest BCUT2D eigenvalue weighted by Crippen LogP contribution is 2.12. The highest BCUT2D eigenvalue weighted by Gasteiger charge is 2.14. The number of pyridine rings is 1. The molecular weight excluding hydrogens is 195 g/mol. The van der Waals surface area contributed by atoms with Crippen molar-refractivity contribution in [2.24, 2.45) is 0 Å². The SMILES string of the molecule is FCc1ccc(OC[C@@H]2CCCN2)cn1. The Morgan fingerprint density at radius 2 is 2.47 bits per heavy atom. The molecule has 82 valence electrons. The Morgan fingerprint density at radius 3 is 3.07 bits per heavy atom. The van der Waals surface area contributed by atoms with E-state index in [0.717, 1.165) is 13.0 Å². The van der Waals surface area contributed by atoms with Gasteiger partial charge in [0, 0.05) is 6.04 Å². The second-order valence-corrected chi connectivity index (χ2v) is 3.72. The van der Waals surface area contributed by atoms with Crippen LogP contribution in [0, 0.1) is 0 Å². The van der Waals surface area contributed by atoms with Gasteiger partial charge in [-0.3, -0.25) is 4.98 Å². The lowest BCUT2D eigenvalue weighted by Crippen LogP contribution is -2.28. The maximum Gasteiger partial charge on any atom is 0.137 e. The number of rotatable bonds is 4. The first-order valence-electron chi connectivity index (χ1n) is 5.25. The van der Waals surface area contributed by atoms with Gasteiger partial charge in [0.15, 0.2) is 0 Å². The van der Waals surface area contributed by atoms with Gasteiger partial charge in [-0.05, 0) is 31.5 Å². The monoisotopic (exact) mass is 210 g/mol. The summed E-state index contributed by atoms with van der Waals surface area (Å²) in [5.74, 6) is 0.709. The molecule has 1 aromatic heterocycles. The van der Waals surface area contributed by atoms with Crippen molar-refractivity contribution < 1.29 is 9.13 Å². The Balaban J connectivity index is 1.82. The minimum atomic E-state index is -0.523. The van der Waals surface area contributed by atoms with E-state index in [1.165, 1.54) is 6.42 Å². The van der Waals surface area contributed by atoms with Gasteiger partial charge in [-0.15, -0.1) is 0 Å². The average molecular weight is 210 g/mol. The van der Waals surface area contributed by atoms with E-state index in [1.807, 2.05) is 0 Å². The number of aromatic nitrogens is 1. The summed E-state index contributed by atoms with van der Waals surface area (Å²) in [5, 5.41) is 3.34. The smallest absolute Gasteiger partial charge is 0.137 e. The van der Waals surface area contributed by atoms with Gasteiger partial charge in [0.25, 0.3) is 0 Å². The van der Waals surface area contributed by atoms with Gasteiger partial charge in [0.05, 0.1) is 11.9 Å². The lowest BCUT2D eigenvalue weighted by molar-refractivity contribution is 0.276. The summed E-state index contributed by atoms with van der Waals surface area (Å²) >= 11 is 0. The first-order valence-corrected chi connectivity index (χ1v) is 5.25. The van der Waals surface area contributed by atoms with Gasteiger partial charge in [-0.2, -0.15) is 0 Å². The lowest BCUT2D eigenvalue weighted by atomic mass is 10.2. The number of ether oxygens (including phenoxy) is 1. The summed E-state index contributed by atoms with van der Waals surface area (Å²) < 4.78 is 17.7. The molecule has 0 amide bonds. The largest absolute Gasteiger partial charge is 0.490 e. The van der Waals surface area contributed by atoms with Crippen LogP contribution in [0.3, 0.4) is 0 Å². The van der Waals surface area contributed by atoms with Gasteiger partial charge in [-0.25, -0.2) is 4.39 Å². The van der Waals surface area contributed by atoms with Crippen LogP contribution in [0.15, 0.2) is 18.3 Å². The zero-order valence-electron chi connectivity index (χ0n) is 8.58. The summed E-state index contributed by atoms with van der Waals surface area (Å²) in [7, 11) is 0. The highest BCUT2D eigenvalue weighted by atomic mass is 19.1. The summed E-state index contributed by atoms with van der Waals surface area (Å²) in [6.07, 6.45) is 3.95. The molecule has 2 rings (SSSR count). The van der Waals surface area contributed by atoms with E-state index in [9.17, 15) is 4.39 Å². The molecule has 3 nitrogen and oxygen atoms in total. The first kappa shape index (κ1) is 10.4. The first-order chi connectivity index (χ1) is 7.38. The van der Waals surface area contributed by atoms with E-state index >= 15 is 0 Å². The van der Waals surface area contributed by atoms with E-state index < -0.39 is 6.67 Å². The van der Waals surface area contributed by atoms with Crippen molar-refractivity contribution in [1.29, 1.82) is 0 Å². The summed E-state index contributed by atoms with van der Waals surface area (Å²) in [6, 6.07) is 3.86. The zero-order valence-corrected chi connectivity index (χ0v) is 8.58. The van der Waals surface area contributed by atoms with Crippen molar-refractivity contribution in [3.8, 4) is 5.75 Å². The average Bonchev–Trinajstić information content (AvgIpc) is 2.80. The maximum absolute atomic E-state index is 12.2. The van der Waals surface area contributed by atoms with Crippen LogP contribution in [0.4, 0.5) is 4.39 Å². The number of nitrogens with zero attached hydrogens (tertiary/aromatic N) is 1. The third-order valence-corrected chi connectivity index (χ3v) is 2.55. The number of halogens is 1. The van der Waals surface area contributed by atoms with Gasteiger partial charge < -0.3 is 10.1 Å². The van der Waals surface area contributed by atoms with Crippen molar-refractivity contribution in [2.45, 2.75) is 25.6 Å².